The summed E-state index contributed by atoms with van der Waals surface area (Å²) in [5, 5.41) is 14.4. The van der Waals surface area contributed by atoms with Gasteiger partial charge in [-0.25, -0.2) is 4.79 Å². The number of esters is 1. The summed E-state index contributed by atoms with van der Waals surface area (Å²) >= 11 is 0. The third-order valence-electron chi connectivity index (χ3n) is 3.90. The van der Waals surface area contributed by atoms with Crippen LogP contribution in [0, 0.1) is 10.1 Å². The molecule has 0 heterocycles. The second-order valence-corrected chi connectivity index (χ2v) is 5.30. The molecular formula is C16H12N4O4. The first-order chi connectivity index (χ1) is 11.6. The van der Waals surface area contributed by atoms with E-state index < -0.39 is 23.0 Å². The van der Waals surface area contributed by atoms with E-state index >= 15 is 0 Å². The van der Waals surface area contributed by atoms with Crippen molar-refractivity contribution in [3.8, 4) is 0 Å². The van der Waals surface area contributed by atoms with Crippen LogP contribution in [0.15, 0.2) is 53.6 Å². The summed E-state index contributed by atoms with van der Waals surface area (Å²) in [7, 11) is 0. The monoisotopic (exact) mass is 324 g/mol. The van der Waals surface area contributed by atoms with Crippen molar-refractivity contribution in [3.05, 3.63) is 85.8 Å². The van der Waals surface area contributed by atoms with Crippen molar-refractivity contribution in [3.63, 3.8) is 0 Å². The van der Waals surface area contributed by atoms with Crippen molar-refractivity contribution in [2.75, 3.05) is 0 Å². The first-order valence-corrected chi connectivity index (χ1v) is 7.17. The average molecular weight is 324 g/mol. The van der Waals surface area contributed by atoms with E-state index in [9.17, 15) is 14.9 Å². The second-order valence-electron chi connectivity index (χ2n) is 5.30. The Morgan fingerprint density at radius 1 is 1.25 bits per heavy atom. The van der Waals surface area contributed by atoms with Crippen LogP contribution in [0.4, 0.5) is 5.69 Å². The van der Waals surface area contributed by atoms with Gasteiger partial charge in [0.1, 0.15) is 12.1 Å². The Balaban J connectivity index is 1.79. The summed E-state index contributed by atoms with van der Waals surface area (Å²) < 4.78 is 5.47. The topological polar surface area (TPSA) is 118 Å². The Morgan fingerprint density at radius 3 is 2.62 bits per heavy atom. The van der Waals surface area contributed by atoms with Crippen LogP contribution in [0.25, 0.3) is 10.4 Å². The number of azide groups is 1. The molecule has 3 rings (SSSR count). The number of hydrogen-bond donors (Lipinski definition) is 0. The Labute approximate surface area is 136 Å². The number of non-ortho nitro benzene ring substituents is 1. The molecule has 0 amide bonds. The van der Waals surface area contributed by atoms with Gasteiger partial charge in [0.15, 0.2) is 0 Å². The van der Waals surface area contributed by atoms with E-state index in [4.69, 9.17) is 10.3 Å². The van der Waals surface area contributed by atoms with E-state index in [0.29, 0.717) is 6.42 Å². The lowest BCUT2D eigenvalue weighted by Crippen LogP contribution is -2.21. The highest BCUT2D eigenvalue weighted by Gasteiger charge is 2.34. The summed E-state index contributed by atoms with van der Waals surface area (Å²) in [6, 6.07) is 12.0. The standard InChI is InChI=1S/C16H12N4O4/c17-19-18-15-13-4-2-1-3-11(13)9-14(15)24-16(21)10-5-7-12(8-6-10)20(22)23/h1-8,14-15H,9H2/t14-,15+/m1/s1. The minimum absolute atomic E-state index is 0.105. The summed E-state index contributed by atoms with van der Waals surface area (Å²) in [5.41, 5.74) is 10.7. The smallest absolute Gasteiger partial charge is 0.338 e. The molecule has 2 aromatic carbocycles. The fourth-order valence-electron chi connectivity index (χ4n) is 2.76. The molecule has 24 heavy (non-hydrogen) atoms. The van der Waals surface area contributed by atoms with Crippen molar-refractivity contribution in [2.24, 2.45) is 5.11 Å². The Kier molecular flexibility index (Phi) is 4.13. The molecule has 0 saturated carbocycles. The normalized spacial score (nSPS) is 18.3. The number of fused-ring (bicyclic) bond motifs is 1. The number of nitro benzene ring substituents is 1. The van der Waals surface area contributed by atoms with Crippen molar-refractivity contribution in [1.29, 1.82) is 0 Å². The van der Waals surface area contributed by atoms with E-state index in [2.05, 4.69) is 10.0 Å². The van der Waals surface area contributed by atoms with Gasteiger partial charge in [0.2, 0.25) is 0 Å². The van der Waals surface area contributed by atoms with Gasteiger partial charge in [0, 0.05) is 23.5 Å². The van der Waals surface area contributed by atoms with E-state index in [1.165, 1.54) is 24.3 Å². The maximum atomic E-state index is 12.3. The van der Waals surface area contributed by atoms with Gasteiger partial charge in [-0.2, -0.15) is 0 Å². The van der Waals surface area contributed by atoms with Gasteiger partial charge in [0.05, 0.1) is 10.5 Å². The molecule has 0 N–H and O–H groups in total. The second kappa shape index (κ2) is 6.39. The fraction of sp³-hybridized carbons (Fsp3) is 0.188. The van der Waals surface area contributed by atoms with E-state index in [0.717, 1.165) is 11.1 Å². The molecule has 8 nitrogen and oxygen atoms in total. The van der Waals surface area contributed by atoms with Crippen LogP contribution in [0.5, 0.6) is 0 Å². The Bertz CT molecular complexity index is 843. The van der Waals surface area contributed by atoms with Gasteiger partial charge in [-0.3, -0.25) is 10.1 Å². The Hall–Kier alpha value is -3.38. The highest BCUT2D eigenvalue weighted by molar-refractivity contribution is 5.89. The maximum Gasteiger partial charge on any atom is 0.338 e. The number of rotatable bonds is 4. The average Bonchev–Trinajstić information content (AvgIpc) is 2.93. The largest absolute Gasteiger partial charge is 0.458 e. The Morgan fingerprint density at radius 2 is 1.96 bits per heavy atom. The molecule has 1 aliphatic rings. The molecule has 2 atom stereocenters. The molecule has 0 bridgehead atoms. The quantitative estimate of drug-likeness (QED) is 0.212. The van der Waals surface area contributed by atoms with Crippen LogP contribution in [0.3, 0.4) is 0 Å². The van der Waals surface area contributed by atoms with Crippen LogP contribution in [-0.4, -0.2) is 17.0 Å². The van der Waals surface area contributed by atoms with Gasteiger partial charge in [-0.1, -0.05) is 29.4 Å². The predicted molar refractivity (Wildman–Crippen MR) is 84.3 cm³/mol. The van der Waals surface area contributed by atoms with Gasteiger partial charge in [0.25, 0.3) is 5.69 Å². The minimum Gasteiger partial charge on any atom is -0.458 e. The van der Waals surface area contributed by atoms with Gasteiger partial charge >= 0.3 is 5.97 Å². The lowest BCUT2D eigenvalue weighted by Gasteiger charge is -2.16. The molecule has 0 aliphatic heterocycles. The number of carbonyl (C=O) groups excluding carboxylic acids is 1. The molecule has 2 aromatic rings. The highest BCUT2D eigenvalue weighted by atomic mass is 16.6. The molecule has 0 fully saturated rings. The highest BCUT2D eigenvalue weighted by Crippen LogP contribution is 2.36. The van der Waals surface area contributed by atoms with Crippen LogP contribution in [0.1, 0.15) is 27.5 Å². The van der Waals surface area contributed by atoms with Crippen LogP contribution < -0.4 is 0 Å². The summed E-state index contributed by atoms with van der Waals surface area (Å²) in [5.74, 6) is -0.610. The molecule has 0 saturated heterocycles. The fourth-order valence-corrected chi connectivity index (χ4v) is 2.76. The van der Waals surface area contributed by atoms with Gasteiger partial charge in [-0.05, 0) is 28.8 Å². The van der Waals surface area contributed by atoms with Crippen LogP contribution >= 0.6 is 0 Å². The van der Waals surface area contributed by atoms with Crippen molar-refractivity contribution >= 4 is 11.7 Å². The molecule has 0 unspecified atom stereocenters. The molecule has 0 spiro atoms. The first kappa shape index (κ1) is 15.5. The zero-order chi connectivity index (χ0) is 17.1. The van der Waals surface area contributed by atoms with Gasteiger partial charge < -0.3 is 4.74 Å². The third kappa shape index (κ3) is 2.90. The molecule has 0 aromatic heterocycles. The number of carbonyl (C=O) groups is 1. The van der Waals surface area contributed by atoms with Crippen LogP contribution in [0.2, 0.25) is 0 Å². The predicted octanol–water partition coefficient (Wildman–Crippen LogP) is 3.73. The number of benzene rings is 2. The maximum absolute atomic E-state index is 12.3. The molecular weight excluding hydrogens is 312 g/mol. The third-order valence-corrected chi connectivity index (χ3v) is 3.90. The molecule has 8 heteroatoms. The van der Waals surface area contributed by atoms with Crippen molar-refractivity contribution < 1.29 is 14.5 Å². The van der Waals surface area contributed by atoms with Crippen LogP contribution in [-0.2, 0) is 11.2 Å². The zero-order valence-corrected chi connectivity index (χ0v) is 12.4. The number of nitrogens with zero attached hydrogens (tertiary/aromatic N) is 4. The zero-order valence-electron chi connectivity index (χ0n) is 12.4. The summed E-state index contributed by atoms with van der Waals surface area (Å²) in [4.78, 5) is 25.2. The molecule has 120 valence electrons. The summed E-state index contributed by atoms with van der Waals surface area (Å²) in [6.07, 6.45) is -0.139. The number of nitro groups is 1. The van der Waals surface area contributed by atoms with E-state index in [1.54, 1.807) is 0 Å². The lowest BCUT2D eigenvalue weighted by atomic mass is 10.1. The summed E-state index contributed by atoms with van der Waals surface area (Å²) in [6.45, 7) is 0. The van der Waals surface area contributed by atoms with Crippen molar-refractivity contribution in [2.45, 2.75) is 18.6 Å². The minimum atomic E-state index is -0.610. The first-order valence-electron chi connectivity index (χ1n) is 7.17. The van der Waals surface area contributed by atoms with E-state index in [-0.39, 0.29) is 11.3 Å². The lowest BCUT2D eigenvalue weighted by molar-refractivity contribution is -0.384. The number of ether oxygens (including phenoxy) is 1. The molecule has 0 radical (unpaired) electrons. The SMILES string of the molecule is [N-]=[N+]=N[C@H]1c2ccccc2C[C@H]1OC(=O)c1ccc([N+](=O)[O-])cc1. The molecule has 1 aliphatic carbocycles. The van der Waals surface area contributed by atoms with Crippen molar-refractivity contribution in [1.82, 2.24) is 0 Å². The number of hydrogen-bond acceptors (Lipinski definition) is 5. The van der Waals surface area contributed by atoms with E-state index in [1.807, 2.05) is 24.3 Å². The van der Waals surface area contributed by atoms with Gasteiger partial charge in [-0.15, -0.1) is 0 Å².